The summed E-state index contributed by atoms with van der Waals surface area (Å²) in [4.78, 5) is 2.09. The highest BCUT2D eigenvalue weighted by Crippen LogP contribution is 2.35. The first-order chi connectivity index (χ1) is 10.9. The smallest absolute Gasteiger partial charge is 0.389 e. The van der Waals surface area contributed by atoms with Crippen molar-refractivity contribution in [2.75, 3.05) is 40.4 Å². The number of hydrogen-bond donors (Lipinski definition) is 1. The minimum atomic E-state index is -4.16. The van der Waals surface area contributed by atoms with Crippen LogP contribution in [-0.4, -0.2) is 51.5 Å². The van der Waals surface area contributed by atoms with Crippen LogP contribution < -0.4 is 14.8 Å². The van der Waals surface area contributed by atoms with E-state index in [2.05, 4.69) is 10.2 Å². The van der Waals surface area contributed by atoms with E-state index < -0.39 is 12.6 Å². The molecule has 1 atom stereocenters. The van der Waals surface area contributed by atoms with E-state index in [0.717, 1.165) is 31.7 Å². The van der Waals surface area contributed by atoms with Crippen LogP contribution in [0.1, 0.15) is 24.4 Å². The maximum Gasteiger partial charge on any atom is 0.389 e. The number of benzene rings is 1. The summed E-state index contributed by atoms with van der Waals surface area (Å²) < 4.78 is 48.6. The summed E-state index contributed by atoms with van der Waals surface area (Å²) in [5, 5.41) is 3.23. The van der Waals surface area contributed by atoms with Gasteiger partial charge in [-0.15, -0.1) is 24.8 Å². The van der Waals surface area contributed by atoms with Gasteiger partial charge in [0.05, 0.1) is 14.2 Å². The molecular formula is C16H25Cl2F3N2O2. The lowest BCUT2D eigenvalue weighted by molar-refractivity contribution is -0.138. The highest BCUT2D eigenvalue weighted by atomic mass is 35.5. The second kappa shape index (κ2) is 11.0. The molecule has 2 rings (SSSR count). The van der Waals surface area contributed by atoms with Gasteiger partial charge in [0, 0.05) is 44.7 Å². The number of alkyl halides is 3. The average molecular weight is 405 g/mol. The zero-order chi connectivity index (χ0) is 16.9. The molecule has 1 fully saturated rings. The molecule has 4 nitrogen and oxygen atoms in total. The fraction of sp³-hybridized carbons (Fsp3) is 0.625. The summed E-state index contributed by atoms with van der Waals surface area (Å²) in [5.74, 6) is 1.18. The molecule has 0 unspecified atom stereocenters. The fourth-order valence-electron chi connectivity index (χ4n) is 2.88. The van der Waals surface area contributed by atoms with Crippen molar-refractivity contribution < 1.29 is 22.6 Å². The van der Waals surface area contributed by atoms with Crippen molar-refractivity contribution >= 4 is 24.8 Å². The molecule has 9 heteroatoms. The number of nitrogens with one attached hydrogen (secondary N) is 1. The van der Waals surface area contributed by atoms with Crippen molar-refractivity contribution in [1.82, 2.24) is 10.2 Å². The van der Waals surface area contributed by atoms with Crippen LogP contribution in [0.5, 0.6) is 11.5 Å². The molecule has 146 valence electrons. The highest BCUT2D eigenvalue weighted by molar-refractivity contribution is 5.85. The standard InChI is InChI=1S/C16H23F3N2O2.2ClH/c1-22-13-9-12(10-14(11-13)23-2)15(3-4-16(17,18)19)21-7-5-20-6-8-21;;/h9-11,15,20H,3-8H2,1-2H3;2*1H/t15-;;/m0../s1. The van der Waals surface area contributed by atoms with Crippen molar-refractivity contribution in [3.05, 3.63) is 23.8 Å². The molecule has 25 heavy (non-hydrogen) atoms. The Bertz CT molecular complexity index is 490. The minimum Gasteiger partial charge on any atom is -0.497 e. The number of piperazine rings is 1. The molecule has 0 bridgehead atoms. The van der Waals surface area contributed by atoms with Crippen LogP contribution in [0.4, 0.5) is 13.2 Å². The second-order valence-corrected chi connectivity index (χ2v) is 5.60. The first kappa shape index (κ1) is 24.1. The van der Waals surface area contributed by atoms with E-state index in [1.165, 1.54) is 14.2 Å². The predicted octanol–water partition coefficient (Wildman–Crippen LogP) is 3.84. The first-order valence-electron chi connectivity index (χ1n) is 7.67. The highest BCUT2D eigenvalue weighted by Gasteiger charge is 2.31. The molecule has 1 N–H and O–H groups in total. The first-order valence-corrected chi connectivity index (χ1v) is 7.67. The molecule has 1 heterocycles. The number of methoxy groups -OCH3 is 2. The number of rotatable bonds is 6. The van der Waals surface area contributed by atoms with Crippen molar-refractivity contribution in [2.24, 2.45) is 0 Å². The monoisotopic (exact) mass is 404 g/mol. The minimum absolute atomic E-state index is 0. The number of ether oxygens (including phenoxy) is 2. The van der Waals surface area contributed by atoms with Crippen LogP contribution in [-0.2, 0) is 0 Å². The SMILES string of the molecule is COc1cc(OC)cc([C@H](CCC(F)(F)F)N2CCNCC2)c1.Cl.Cl. The van der Waals surface area contributed by atoms with Gasteiger partial charge in [0.25, 0.3) is 0 Å². The fourth-order valence-corrected chi connectivity index (χ4v) is 2.88. The Kier molecular flexibility index (Phi) is 10.6. The summed E-state index contributed by atoms with van der Waals surface area (Å²) in [5.41, 5.74) is 0.798. The van der Waals surface area contributed by atoms with E-state index in [-0.39, 0.29) is 37.3 Å². The molecule has 1 aromatic rings. The van der Waals surface area contributed by atoms with Crippen LogP contribution in [0.25, 0.3) is 0 Å². The van der Waals surface area contributed by atoms with Crippen LogP contribution in [0.3, 0.4) is 0 Å². The maximum atomic E-state index is 12.7. The molecule has 0 aromatic heterocycles. The van der Waals surface area contributed by atoms with E-state index in [1.807, 2.05) is 0 Å². The van der Waals surface area contributed by atoms with Gasteiger partial charge in [-0.3, -0.25) is 4.90 Å². The zero-order valence-electron chi connectivity index (χ0n) is 14.3. The van der Waals surface area contributed by atoms with Crippen molar-refractivity contribution in [3.63, 3.8) is 0 Å². The quantitative estimate of drug-likeness (QED) is 0.780. The summed E-state index contributed by atoms with van der Waals surface area (Å²) >= 11 is 0. The molecule has 0 radical (unpaired) electrons. The molecule has 1 aliphatic rings. The van der Waals surface area contributed by atoms with E-state index in [9.17, 15) is 13.2 Å². The average Bonchev–Trinajstić information content (AvgIpc) is 2.54. The second-order valence-electron chi connectivity index (χ2n) is 5.60. The van der Waals surface area contributed by atoms with Crippen molar-refractivity contribution in [3.8, 4) is 11.5 Å². The Morgan fingerprint density at radius 2 is 1.56 bits per heavy atom. The third-order valence-electron chi connectivity index (χ3n) is 4.05. The zero-order valence-corrected chi connectivity index (χ0v) is 15.9. The number of halogens is 5. The van der Waals surface area contributed by atoms with E-state index in [0.29, 0.717) is 11.5 Å². The van der Waals surface area contributed by atoms with Crippen LogP contribution in [0.2, 0.25) is 0 Å². The van der Waals surface area contributed by atoms with E-state index >= 15 is 0 Å². The molecule has 1 aliphatic heterocycles. The van der Waals surface area contributed by atoms with Crippen molar-refractivity contribution in [2.45, 2.75) is 25.1 Å². The third kappa shape index (κ3) is 7.48. The van der Waals surface area contributed by atoms with Gasteiger partial charge in [0.15, 0.2) is 0 Å². The molecular weight excluding hydrogens is 380 g/mol. The molecule has 0 saturated carbocycles. The van der Waals surface area contributed by atoms with Gasteiger partial charge in [-0.05, 0) is 24.1 Å². The molecule has 0 amide bonds. The molecule has 0 aliphatic carbocycles. The Labute approximate surface area is 158 Å². The Morgan fingerprint density at radius 1 is 1.04 bits per heavy atom. The molecule has 1 saturated heterocycles. The maximum absolute atomic E-state index is 12.7. The topological polar surface area (TPSA) is 33.7 Å². The Balaban J connectivity index is 0.00000288. The van der Waals surface area contributed by atoms with Crippen molar-refractivity contribution in [1.29, 1.82) is 0 Å². The Morgan fingerprint density at radius 3 is 2.00 bits per heavy atom. The van der Waals surface area contributed by atoms with Crippen LogP contribution in [0, 0.1) is 0 Å². The third-order valence-corrected chi connectivity index (χ3v) is 4.05. The normalized spacial score (nSPS) is 16.4. The lowest BCUT2D eigenvalue weighted by atomic mass is 9.98. The lowest BCUT2D eigenvalue weighted by Crippen LogP contribution is -2.45. The summed E-state index contributed by atoms with van der Waals surface area (Å²) in [6.07, 6.45) is -4.93. The molecule has 1 aromatic carbocycles. The van der Waals surface area contributed by atoms with E-state index in [1.54, 1.807) is 18.2 Å². The van der Waals surface area contributed by atoms with Gasteiger partial charge >= 0.3 is 6.18 Å². The summed E-state index contributed by atoms with van der Waals surface area (Å²) in [7, 11) is 3.07. The van der Waals surface area contributed by atoms with Gasteiger partial charge in [-0.2, -0.15) is 13.2 Å². The van der Waals surface area contributed by atoms with Gasteiger partial charge < -0.3 is 14.8 Å². The largest absolute Gasteiger partial charge is 0.497 e. The predicted molar refractivity (Wildman–Crippen MR) is 96.5 cm³/mol. The van der Waals surface area contributed by atoms with Crippen LogP contribution >= 0.6 is 24.8 Å². The van der Waals surface area contributed by atoms with E-state index in [4.69, 9.17) is 9.47 Å². The Hall–Kier alpha value is -0.890. The lowest BCUT2D eigenvalue weighted by Gasteiger charge is -2.35. The van der Waals surface area contributed by atoms with Gasteiger partial charge in [0.2, 0.25) is 0 Å². The molecule has 0 spiro atoms. The van der Waals surface area contributed by atoms with Gasteiger partial charge in [-0.25, -0.2) is 0 Å². The summed E-state index contributed by atoms with van der Waals surface area (Å²) in [6, 6.07) is 5.02. The van der Waals surface area contributed by atoms with Crippen LogP contribution in [0.15, 0.2) is 18.2 Å². The summed E-state index contributed by atoms with van der Waals surface area (Å²) in [6.45, 7) is 3.01. The van der Waals surface area contributed by atoms with Gasteiger partial charge in [0.1, 0.15) is 11.5 Å². The number of hydrogen-bond acceptors (Lipinski definition) is 4. The van der Waals surface area contributed by atoms with Gasteiger partial charge in [-0.1, -0.05) is 0 Å². The number of nitrogens with zero attached hydrogens (tertiary/aromatic N) is 1.